The van der Waals surface area contributed by atoms with Gasteiger partial charge in [0.1, 0.15) is 0 Å². The zero-order valence-corrected chi connectivity index (χ0v) is 11.9. The molecule has 2 rings (SSSR count). The second-order valence-electron chi connectivity index (χ2n) is 5.81. The summed E-state index contributed by atoms with van der Waals surface area (Å²) >= 11 is 1.57. The Morgan fingerprint density at radius 3 is 2.67 bits per heavy atom. The zero-order valence-electron chi connectivity index (χ0n) is 11.1. The number of rotatable bonds is 4. The summed E-state index contributed by atoms with van der Waals surface area (Å²) < 4.78 is 0. The molecule has 1 aliphatic rings. The van der Waals surface area contributed by atoms with Crippen LogP contribution < -0.4 is 0 Å². The quantitative estimate of drug-likeness (QED) is 0.906. The molecule has 1 heterocycles. The molecule has 1 aliphatic carbocycles. The topological polar surface area (TPSA) is 50.2 Å². The zero-order chi connectivity index (χ0) is 13.2. The Bertz CT molecular complexity index is 392. The first-order chi connectivity index (χ1) is 8.53. The summed E-state index contributed by atoms with van der Waals surface area (Å²) in [7, 11) is 0. The number of hydrogen-bond acceptors (Lipinski definition) is 3. The minimum Gasteiger partial charge on any atom is -0.481 e. The van der Waals surface area contributed by atoms with Gasteiger partial charge in [0, 0.05) is 11.1 Å². The molecule has 3 nitrogen and oxygen atoms in total. The summed E-state index contributed by atoms with van der Waals surface area (Å²) in [6.07, 6.45) is 6.17. The number of carboxylic acid groups (broad SMARTS) is 1. The van der Waals surface area contributed by atoms with Crippen molar-refractivity contribution in [3.8, 4) is 0 Å². The van der Waals surface area contributed by atoms with E-state index in [0.29, 0.717) is 18.3 Å². The van der Waals surface area contributed by atoms with Crippen molar-refractivity contribution in [1.29, 1.82) is 0 Å². The van der Waals surface area contributed by atoms with E-state index in [1.807, 2.05) is 6.20 Å². The summed E-state index contributed by atoms with van der Waals surface area (Å²) in [5.41, 5.74) is 1.24. The Morgan fingerprint density at radius 2 is 2.22 bits per heavy atom. The van der Waals surface area contributed by atoms with Gasteiger partial charge in [-0.15, -0.1) is 11.3 Å². The molecular formula is C14H21NO2S. The van der Waals surface area contributed by atoms with Gasteiger partial charge in [0.2, 0.25) is 0 Å². The molecule has 0 atom stereocenters. The molecule has 1 aromatic rings. The van der Waals surface area contributed by atoms with Crippen molar-refractivity contribution in [2.75, 3.05) is 0 Å². The van der Waals surface area contributed by atoms with E-state index in [0.717, 1.165) is 30.6 Å². The van der Waals surface area contributed by atoms with E-state index in [1.54, 1.807) is 16.8 Å². The van der Waals surface area contributed by atoms with Gasteiger partial charge in [0.15, 0.2) is 0 Å². The van der Waals surface area contributed by atoms with Crippen LogP contribution in [0, 0.1) is 17.3 Å². The van der Waals surface area contributed by atoms with Gasteiger partial charge in [0.05, 0.1) is 10.9 Å². The van der Waals surface area contributed by atoms with Crippen molar-refractivity contribution < 1.29 is 9.90 Å². The lowest BCUT2D eigenvalue weighted by Crippen LogP contribution is -2.38. The Balaban J connectivity index is 2.08. The van der Waals surface area contributed by atoms with Crippen molar-refractivity contribution in [2.45, 2.75) is 46.0 Å². The molecule has 0 bridgehead atoms. The van der Waals surface area contributed by atoms with Crippen molar-refractivity contribution in [3.05, 3.63) is 16.6 Å². The smallest absolute Gasteiger partial charge is 0.309 e. The lowest BCUT2D eigenvalue weighted by molar-refractivity contribution is -0.151. The summed E-state index contributed by atoms with van der Waals surface area (Å²) in [6, 6.07) is 0. The lowest BCUT2D eigenvalue weighted by atomic mass is 9.66. The van der Waals surface area contributed by atoms with Crippen LogP contribution in [0.4, 0.5) is 0 Å². The molecule has 0 aliphatic heterocycles. The number of thiazole rings is 1. The summed E-state index contributed by atoms with van der Waals surface area (Å²) in [4.78, 5) is 16.8. The first-order valence-corrected chi connectivity index (χ1v) is 7.52. The van der Waals surface area contributed by atoms with Crippen molar-refractivity contribution in [1.82, 2.24) is 4.98 Å². The van der Waals surface area contributed by atoms with Gasteiger partial charge in [0.25, 0.3) is 0 Å². The fraction of sp³-hybridized carbons (Fsp3) is 0.714. The monoisotopic (exact) mass is 267 g/mol. The maximum atomic E-state index is 11.7. The Hall–Kier alpha value is -0.900. The van der Waals surface area contributed by atoms with Crippen molar-refractivity contribution >= 4 is 17.3 Å². The van der Waals surface area contributed by atoms with E-state index in [-0.39, 0.29) is 0 Å². The molecule has 1 aromatic heterocycles. The van der Waals surface area contributed by atoms with Crippen LogP contribution in [0.3, 0.4) is 0 Å². The van der Waals surface area contributed by atoms with Gasteiger partial charge in [-0.3, -0.25) is 9.78 Å². The maximum absolute atomic E-state index is 11.7. The van der Waals surface area contributed by atoms with E-state index in [4.69, 9.17) is 0 Å². The molecule has 0 saturated heterocycles. The Kier molecular flexibility index (Phi) is 4.05. The van der Waals surface area contributed by atoms with E-state index >= 15 is 0 Å². The normalized spacial score (nSPS) is 28.5. The summed E-state index contributed by atoms with van der Waals surface area (Å²) in [5, 5.41) is 9.60. The average molecular weight is 267 g/mol. The van der Waals surface area contributed by atoms with Crippen LogP contribution >= 0.6 is 11.3 Å². The van der Waals surface area contributed by atoms with E-state index in [2.05, 4.69) is 18.8 Å². The molecule has 4 heteroatoms. The molecule has 0 aromatic carbocycles. The van der Waals surface area contributed by atoms with Crippen LogP contribution in [0.15, 0.2) is 11.7 Å². The van der Waals surface area contributed by atoms with Gasteiger partial charge < -0.3 is 5.11 Å². The molecule has 100 valence electrons. The van der Waals surface area contributed by atoms with Gasteiger partial charge in [-0.05, 0) is 43.9 Å². The number of hydrogen-bond donors (Lipinski definition) is 1. The van der Waals surface area contributed by atoms with Crippen LogP contribution in [0.1, 0.15) is 44.4 Å². The first-order valence-electron chi connectivity index (χ1n) is 6.64. The third-order valence-electron chi connectivity index (χ3n) is 4.38. The van der Waals surface area contributed by atoms with Crippen LogP contribution in [0.25, 0.3) is 0 Å². The minimum absolute atomic E-state index is 0.544. The fourth-order valence-corrected chi connectivity index (χ4v) is 3.73. The first kappa shape index (κ1) is 13.5. The number of carbonyl (C=O) groups is 1. The third-order valence-corrected chi connectivity index (χ3v) is 5.16. The predicted octanol–water partition coefficient (Wildman–Crippen LogP) is 3.60. The lowest BCUT2D eigenvalue weighted by Gasteiger charge is -2.38. The molecule has 0 amide bonds. The number of aromatic nitrogens is 1. The van der Waals surface area contributed by atoms with E-state index in [1.165, 1.54) is 0 Å². The molecule has 1 N–H and O–H groups in total. The summed E-state index contributed by atoms with van der Waals surface area (Å²) in [6.45, 7) is 4.48. The van der Waals surface area contributed by atoms with Crippen LogP contribution in [-0.2, 0) is 11.2 Å². The van der Waals surface area contributed by atoms with Crippen molar-refractivity contribution in [2.24, 2.45) is 17.3 Å². The highest BCUT2D eigenvalue weighted by atomic mass is 32.1. The van der Waals surface area contributed by atoms with Crippen LogP contribution in [0.5, 0.6) is 0 Å². The third kappa shape index (κ3) is 2.74. The van der Waals surface area contributed by atoms with Gasteiger partial charge in [-0.1, -0.05) is 13.8 Å². The second-order valence-corrected chi connectivity index (χ2v) is 6.78. The molecule has 1 fully saturated rings. The Labute approximate surface area is 112 Å². The highest BCUT2D eigenvalue weighted by Crippen LogP contribution is 2.44. The fourth-order valence-electron chi connectivity index (χ4n) is 2.99. The molecule has 0 spiro atoms. The van der Waals surface area contributed by atoms with Gasteiger partial charge in [-0.25, -0.2) is 0 Å². The number of carboxylic acids is 1. The maximum Gasteiger partial charge on any atom is 0.309 e. The highest BCUT2D eigenvalue weighted by molar-refractivity contribution is 7.09. The molecule has 1 saturated carbocycles. The van der Waals surface area contributed by atoms with Crippen LogP contribution in [0.2, 0.25) is 0 Å². The Morgan fingerprint density at radius 1 is 1.56 bits per heavy atom. The molecule has 0 radical (unpaired) electrons. The minimum atomic E-state index is -0.627. The second kappa shape index (κ2) is 5.39. The number of nitrogens with zero attached hydrogens (tertiary/aromatic N) is 1. The molecule has 0 unspecified atom stereocenters. The predicted molar refractivity (Wildman–Crippen MR) is 72.7 cm³/mol. The highest BCUT2D eigenvalue weighted by Gasteiger charge is 2.42. The number of aliphatic carboxylic acids is 1. The molecule has 18 heavy (non-hydrogen) atoms. The SMILES string of the molecule is CC(C)C1CCC(Cc2cncs2)(C(=O)O)CC1. The standard InChI is InChI=1S/C14H21NO2S/c1-10(2)11-3-5-14(6-4-11,13(16)17)7-12-8-15-9-18-12/h8-11H,3-7H2,1-2H3,(H,16,17). The van der Waals surface area contributed by atoms with E-state index < -0.39 is 11.4 Å². The van der Waals surface area contributed by atoms with Crippen LogP contribution in [-0.4, -0.2) is 16.1 Å². The largest absolute Gasteiger partial charge is 0.481 e. The molecular weight excluding hydrogens is 246 g/mol. The van der Waals surface area contributed by atoms with Gasteiger partial charge in [-0.2, -0.15) is 0 Å². The van der Waals surface area contributed by atoms with E-state index in [9.17, 15) is 9.90 Å². The average Bonchev–Trinajstić information content (AvgIpc) is 2.82. The summed E-state index contributed by atoms with van der Waals surface area (Å²) in [5.74, 6) is 0.734. The van der Waals surface area contributed by atoms with Crippen molar-refractivity contribution in [3.63, 3.8) is 0 Å². The van der Waals surface area contributed by atoms with Gasteiger partial charge >= 0.3 is 5.97 Å².